The molecule has 4 aromatic rings. The molecule has 0 unspecified atom stereocenters. The number of methoxy groups -OCH3 is 1. The maximum Gasteiger partial charge on any atom is 0.253 e. The molecule has 0 saturated heterocycles. The Labute approximate surface area is 178 Å². The number of phenols is 1. The Morgan fingerprint density at radius 3 is 2.52 bits per heavy atom. The number of benzene rings is 2. The number of pyridine rings is 1. The van der Waals surface area contributed by atoms with Gasteiger partial charge in [-0.05, 0) is 55.0 Å². The van der Waals surface area contributed by atoms with Gasteiger partial charge in [-0.2, -0.15) is 0 Å². The summed E-state index contributed by atoms with van der Waals surface area (Å²) in [5, 5.41) is 16.3. The standard InChI is InChI=1S/C24H21N3O4/c1-14(15-6-5-7-17(12-15)31-2)26-21-22(24(30)23(21)29)27-16-9-10-20(28)18(13-16)19-8-3-4-11-25-19/h3-14,26-28H,1-2H3/t14-/m0/s1. The molecule has 0 aliphatic heterocycles. The van der Waals surface area contributed by atoms with Crippen LogP contribution < -0.4 is 26.2 Å². The van der Waals surface area contributed by atoms with Crippen LogP contribution >= 0.6 is 0 Å². The van der Waals surface area contributed by atoms with Gasteiger partial charge in [0.15, 0.2) is 0 Å². The highest BCUT2D eigenvalue weighted by Gasteiger charge is 2.23. The lowest BCUT2D eigenvalue weighted by atomic mass is 10.1. The largest absolute Gasteiger partial charge is 0.507 e. The van der Waals surface area contributed by atoms with Crippen LogP contribution in [0.2, 0.25) is 0 Å². The monoisotopic (exact) mass is 415 g/mol. The Morgan fingerprint density at radius 1 is 0.968 bits per heavy atom. The second-order valence-corrected chi connectivity index (χ2v) is 7.12. The molecular formula is C24H21N3O4. The van der Waals surface area contributed by atoms with Gasteiger partial charge in [-0.1, -0.05) is 18.2 Å². The summed E-state index contributed by atoms with van der Waals surface area (Å²) in [6.07, 6.45) is 1.63. The zero-order valence-corrected chi connectivity index (χ0v) is 17.0. The molecule has 1 heterocycles. The van der Waals surface area contributed by atoms with E-state index in [0.717, 1.165) is 5.56 Å². The summed E-state index contributed by atoms with van der Waals surface area (Å²) in [7, 11) is 1.59. The molecule has 7 heteroatoms. The highest BCUT2D eigenvalue weighted by Crippen LogP contribution is 2.32. The van der Waals surface area contributed by atoms with Crippen molar-refractivity contribution >= 4 is 17.1 Å². The van der Waals surface area contributed by atoms with Crippen molar-refractivity contribution in [1.82, 2.24) is 4.98 Å². The Bertz CT molecular complexity index is 1290. The summed E-state index contributed by atoms with van der Waals surface area (Å²) >= 11 is 0. The third kappa shape index (κ3) is 3.98. The minimum absolute atomic E-state index is 0.0687. The van der Waals surface area contributed by atoms with Gasteiger partial charge in [-0.25, -0.2) is 0 Å². The average molecular weight is 415 g/mol. The molecule has 3 N–H and O–H groups in total. The lowest BCUT2D eigenvalue weighted by Gasteiger charge is -2.20. The number of ether oxygens (including phenoxy) is 1. The highest BCUT2D eigenvalue weighted by atomic mass is 16.5. The van der Waals surface area contributed by atoms with Crippen molar-refractivity contribution in [2.75, 3.05) is 17.7 Å². The minimum atomic E-state index is -0.590. The first-order valence-corrected chi connectivity index (χ1v) is 9.73. The molecule has 31 heavy (non-hydrogen) atoms. The van der Waals surface area contributed by atoms with Crippen LogP contribution in [0.3, 0.4) is 0 Å². The summed E-state index contributed by atoms with van der Waals surface area (Å²) in [6.45, 7) is 1.90. The lowest BCUT2D eigenvalue weighted by Crippen LogP contribution is -2.37. The number of hydrogen-bond donors (Lipinski definition) is 3. The highest BCUT2D eigenvalue weighted by molar-refractivity contribution is 5.81. The topological polar surface area (TPSA) is 101 Å². The van der Waals surface area contributed by atoms with Gasteiger partial charge in [0.2, 0.25) is 0 Å². The molecular weight excluding hydrogens is 394 g/mol. The van der Waals surface area contributed by atoms with Crippen molar-refractivity contribution in [2.45, 2.75) is 13.0 Å². The number of nitrogens with zero attached hydrogens (tertiary/aromatic N) is 1. The van der Waals surface area contributed by atoms with Crippen LogP contribution in [0.5, 0.6) is 11.5 Å². The SMILES string of the molecule is COc1cccc([C@H](C)Nc2c(Nc3ccc(O)c(-c4ccccn4)c3)c(=O)c2=O)c1. The smallest absolute Gasteiger partial charge is 0.253 e. The molecule has 0 saturated carbocycles. The molecule has 4 rings (SSSR count). The van der Waals surface area contributed by atoms with Gasteiger partial charge in [0.05, 0.1) is 12.8 Å². The molecule has 0 aliphatic carbocycles. The van der Waals surface area contributed by atoms with Crippen molar-refractivity contribution in [3.63, 3.8) is 0 Å². The summed E-state index contributed by atoms with van der Waals surface area (Å²) < 4.78 is 5.25. The van der Waals surface area contributed by atoms with E-state index < -0.39 is 10.9 Å². The number of anilines is 3. The zero-order chi connectivity index (χ0) is 22.0. The van der Waals surface area contributed by atoms with E-state index in [1.54, 1.807) is 37.6 Å². The van der Waals surface area contributed by atoms with Crippen molar-refractivity contribution in [3.05, 3.63) is 92.9 Å². The Kier molecular flexibility index (Phi) is 5.41. The van der Waals surface area contributed by atoms with Crippen LogP contribution in [0, 0.1) is 0 Å². The lowest BCUT2D eigenvalue weighted by molar-refractivity contribution is 0.414. The molecule has 0 spiro atoms. The minimum Gasteiger partial charge on any atom is -0.507 e. The fourth-order valence-corrected chi connectivity index (χ4v) is 3.34. The van der Waals surface area contributed by atoms with E-state index in [2.05, 4.69) is 15.6 Å². The van der Waals surface area contributed by atoms with Gasteiger partial charge in [-0.3, -0.25) is 14.6 Å². The first-order valence-electron chi connectivity index (χ1n) is 9.73. The van der Waals surface area contributed by atoms with Gasteiger partial charge >= 0.3 is 0 Å². The molecule has 0 bridgehead atoms. The third-order valence-corrected chi connectivity index (χ3v) is 5.07. The number of aromatic hydroxyl groups is 1. The van der Waals surface area contributed by atoms with Gasteiger partial charge < -0.3 is 20.5 Å². The second-order valence-electron chi connectivity index (χ2n) is 7.12. The third-order valence-electron chi connectivity index (χ3n) is 5.07. The molecule has 3 aromatic carbocycles. The Hall–Kier alpha value is -4.13. The fourth-order valence-electron chi connectivity index (χ4n) is 3.34. The maximum absolute atomic E-state index is 12.2. The molecule has 0 fully saturated rings. The maximum atomic E-state index is 12.2. The van der Waals surface area contributed by atoms with E-state index in [-0.39, 0.29) is 23.2 Å². The van der Waals surface area contributed by atoms with Crippen LogP contribution in [0.25, 0.3) is 11.3 Å². The van der Waals surface area contributed by atoms with Gasteiger partial charge in [0.1, 0.15) is 22.9 Å². The van der Waals surface area contributed by atoms with Crippen LogP contribution in [-0.2, 0) is 0 Å². The Balaban J connectivity index is 1.59. The number of aromatic nitrogens is 1. The summed E-state index contributed by atoms with van der Waals surface area (Å²) in [5.41, 5.74) is 1.85. The van der Waals surface area contributed by atoms with Gasteiger partial charge in [0.25, 0.3) is 10.9 Å². The molecule has 1 atom stereocenters. The predicted molar refractivity (Wildman–Crippen MR) is 121 cm³/mol. The van der Waals surface area contributed by atoms with Crippen molar-refractivity contribution < 1.29 is 9.84 Å². The van der Waals surface area contributed by atoms with E-state index in [1.165, 1.54) is 6.07 Å². The predicted octanol–water partition coefficient (Wildman–Crippen LogP) is 3.98. The summed E-state index contributed by atoms with van der Waals surface area (Å²) in [6, 6.07) is 17.5. The van der Waals surface area contributed by atoms with E-state index in [9.17, 15) is 14.7 Å². The van der Waals surface area contributed by atoms with Crippen LogP contribution in [0.4, 0.5) is 17.1 Å². The van der Waals surface area contributed by atoms with Gasteiger partial charge in [-0.15, -0.1) is 0 Å². The van der Waals surface area contributed by atoms with Crippen molar-refractivity contribution in [1.29, 1.82) is 0 Å². The molecule has 0 radical (unpaired) electrons. The number of hydrogen-bond acceptors (Lipinski definition) is 7. The number of phenolic OH excluding ortho intramolecular Hbond substituents is 1. The van der Waals surface area contributed by atoms with E-state index in [0.29, 0.717) is 22.7 Å². The Morgan fingerprint density at radius 2 is 1.77 bits per heavy atom. The van der Waals surface area contributed by atoms with E-state index >= 15 is 0 Å². The number of rotatable bonds is 7. The molecule has 0 amide bonds. The van der Waals surface area contributed by atoms with E-state index in [1.807, 2.05) is 37.3 Å². The quantitative estimate of drug-likeness (QED) is 0.310. The number of nitrogens with one attached hydrogen (secondary N) is 2. The average Bonchev–Trinajstić information content (AvgIpc) is 2.82. The molecule has 7 nitrogen and oxygen atoms in total. The summed E-state index contributed by atoms with van der Waals surface area (Å²) in [5.74, 6) is 0.778. The van der Waals surface area contributed by atoms with E-state index in [4.69, 9.17) is 4.74 Å². The normalized spacial score (nSPS) is 11.8. The second kappa shape index (κ2) is 8.31. The van der Waals surface area contributed by atoms with Crippen LogP contribution in [-0.4, -0.2) is 17.2 Å². The zero-order valence-electron chi connectivity index (χ0n) is 17.0. The molecule has 0 aliphatic rings. The molecule has 156 valence electrons. The molecule has 1 aromatic heterocycles. The van der Waals surface area contributed by atoms with Crippen molar-refractivity contribution in [3.8, 4) is 22.8 Å². The fraction of sp³-hybridized carbons (Fsp3) is 0.125. The van der Waals surface area contributed by atoms with Crippen LogP contribution in [0.1, 0.15) is 18.5 Å². The summed E-state index contributed by atoms with van der Waals surface area (Å²) in [4.78, 5) is 28.7. The van der Waals surface area contributed by atoms with Gasteiger partial charge in [0, 0.05) is 23.5 Å². The van der Waals surface area contributed by atoms with Crippen LogP contribution in [0.15, 0.2) is 76.4 Å². The van der Waals surface area contributed by atoms with Crippen molar-refractivity contribution in [2.24, 2.45) is 0 Å². The first kappa shape index (κ1) is 20.2. The first-order chi connectivity index (χ1) is 15.0.